The Hall–Kier alpha value is -1.71. The van der Waals surface area contributed by atoms with Crippen LogP contribution in [0.25, 0.3) is 0 Å². The second kappa shape index (κ2) is 7.34. The lowest BCUT2D eigenvalue weighted by atomic mass is 10.3. The summed E-state index contributed by atoms with van der Waals surface area (Å²) < 4.78 is 26.9. The molecule has 0 bridgehead atoms. The maximum absolute atomic E-state index is 12.2. The first-order valence-corrected chi connectivity index (χ1v) is 7.95. The Labute approximate surface area is 124 Å². The van der Waals surface area contributed by atoms with Crippen LogP contribution in [0.1, 0.15) is 6.92 Å². The van der Waals surface area contributed by atoms with E-state index < -0.39 is 20.6 Å². The number of nitrogens with zero attached hydrogens (tertiary/aromatic N) is 2. The fraction of sp³-hybridized carbons (Fsp3) is 0.500. The van der Waals surface area contributed by atoms with Crippen molar-refractivity contribution in [3.8, 4) is 0 Å². The zero-order valence-electron chi connectivity index (χ0n) is 12.3. The number of benzene rings is 1. The highest BCUT2D eigenvalue weighted by Crippen LogP contribution is 2.31. The van der Waals surface area contributed by atoms with Gasteiger partial charge in [-0.25, -0.2) is 13.1 Å². The van der Waals surface area contributed by atoms with Gasteiger partial charge in [0.25, 0.3) is 0 Å². The van der Waals surface area contributed by atoms with Crippen LogP contribution in [-0.2, 0) is 10.0 Å². The van der Waals surface area contributed by atoms with E-state index in [1.54, 1.807) is 0 Å². The van der Waals surface area contributed by atoms with Crippen molar-refractivity contribution in [2.75, 3.05) is 39.0 Å². The highest BCUT2D eigenvalue weighted by atomic mass is 32.2. The van der Waals surface area contributed by atoms with Crippen LogP contribution in [0.5, 0.6) is 0 Å². The van der Waals surface area contributed by atoms with E-state index in [1.807, 2.05) is 18.9 Å². The Morgan fingerprint density at radius 2 is 2.05 bits per heavy atom. The zero-order chi connectivity index (χ0) is 16.0. The maximum atomic E-state index is 12.2. The molecule has 0 aliphatic heterocycles. The average molecular weight is 316 g/mol. The lowest BCUT2D eigenvalue weighted by Gasteiger charge is -2.14. The number of nitro benzene ring substituents is 1. The number of para-hydroxylation sites is 1. The molecule has 0 aromatic heterocycles. The average Bonchev–Trinajstić information content (AvgIpc) is 2.45. The van der Waals surface area contributed by atoms with Crippen molar-refractivity contribution >= 4 is 21.4 Å². The molecule has 0 aliphatic rings. The Morgan fingerprint density at radius 3 is 2.57 bits per heavy atom. The normalized spacial score (nSPS) is 11.6. The van der Waals surface area contributed by atoms with Crippen LogP contribution >= 0.6 is 0 Å². The van der Waals surface area contributed by atoms with Gasteiger partial charge in [-0.05, 0) is 25.7 Å². The number of anilines is 1. The molecule has 118 valence electrons. The quantitative estimate of drug-likeness (QED) is 0.544. The molecule has 1 aromatic rings. The van der Waals surface area contributed by atoms with Gasteiger partial charge in [0.05, 0.1) is 4.92 Å². The molecule has 0 aliphatic carbocycles. The summed E-state index contributed by atoms with van der Waals surface area (Å²) in [5, 5.41) is 13.8. The van der Waals surface area contributed by atoms with Crippen molar-refractivity contribution in [2.24, 2.45) is 0 Å². The Balaban J connectivity index is 3.06. The first kappa shape index (κ1) is 17.3. The molecule has 21 heavy (non-hydrogen) atoms. The Morgan fingerprint density at radius 1 is 1.38 bits per heavy atom. The summed E-state index contributed by atoms with van der Waals surface area (Å²) in [6, 6.07) is 4.15. The van der Waals surface area contributed by atoms with Gasteiger partial charge in [0.15, 0.2) is 4.90 Å². The molecule has 0 unspecified atom stereocenters. The van der Waals surface area contributed by atoms with Gasteiger partial charge >= 0.3 is 5.69 Å². The van der Waals surface area contributed by atoms with Gasteiger partial charge in [-0.15, -0.1) is 0 Å². The van der Waals surface area contributed by atoms with Crippen LogP contribution in [0.15, 0.2) is 23.1 Å². The van der Waals surface area contributed by atoms with Gasteiger partial charge in [0, 0.05) is 20.1 Å². The van der Waals surface area contributed by atoms with Crippen LogP contribution in [0.4, 0.5) is 11.4 Å². The third kappa shape index (κ3) is 4.38. The van der Waals surface area contributed by atoms with Crippen molar-refractivity contribution < 1.29 is 13.3 Å². The molecule has 0 atom stereocenters. The van der Waals surface area contributed by atoms with Crippen LogP contribution in [0, 0.1) is 10.1 Å². The standard InChI is InChI=1S/C12H20N4O4S/c1-4-15(3)9-8-14-21(19,20)11-7-5-6-10(13-2)12(11)16(17)18/h5-7,13-14H,4,8-9H2,1-3H3. The molecule has 0 fully saturated rings. The Bertz CT molecular complexity index is 603. The predicted octanol–water partition coefficient (Wildman–Crippen LogP) is 0.866. The van der Waals surface area contributed by atoms with Gasteiger partial charge < -0.3 is 10.2 Å². The van der Waals surface area contributed by atoms with Crippen LogP contribution in [-0.4, -0.2) is 52.0 Å². The first-order valence-electron chi connectivity index (χ1n) is 6.46. The smallest absolute Gasteiger partial charge is 0.312 e. The number of hydrogen-bond donors (Lipinski definition) is 2. The predicted molar refractivity (Wildman–Crippen MR) is 81.0 cm³/mol. The van der Waals surface area contributed by atoms with E-state index in [-0.39, 0.29) is 17.1 Å². The van der Waals surface area contributed by atoms with E-state index in [0.29, 0.717) is 6.54 Å². The van der Waals surface area contributed by atoms with E-state index in [1.165, 1.54) is 25.2 Å². The molecule has 2 N–H and O–H groups in total. The lowest BCUT2D eigenvalue weighted by Crippen LogP contribution is -2.33. The minimum Gasteiger partial charge on any atom is -0.383 e. The third-order valence-electron chi connectivity index (χ3n) is 3.07. The number of hydrogen-bond acceptors (Lipinski definition) is 6. The SMILES string of the molecule is CCN(C)CCNS(=O)(=O)c1cccc(NC)c1[N+](=O)[O-]. The number of nitrogens with one attached hydrogen (secondary N) is 2. The summed E-state index contributed by atoms with van der Waals surface area (Å²) in [5.41, 5.74) is -0.287. The molecule has 0 radical (unpaired) electrons. The minimum absolute atomic E-state index is 0.161. The van der Waals surface area contributed by atoms with E-state index in [4.69, 9.17) is 0 Å². The summed E-state index contributed by atoms with van der Waals surface area (Å²) in [6.07, 6.45) is 0. The lowest BCUT2D eigenvalue weighted by molar-refractivity contribution is -0.386. The van der Waals surface area contributed by atoms with Crippen molar-refractivity contribution in [3.05, 3.63) is 28.3 Å². The van der Waals surface area contributed by atoms with Crippen molar-refractivity contribution in [2.45, 2.75) is 11.8 Å². The molecule has 0 saturated carbocycles. The van der Waals surface area contributed by atoms with E-state index in [9.17, 15) is 18.5 Å². The summed E-state index contributed by atoms with van der Waals surface area (Å²) >= 11 is 0. The molecular weight excluding hydrogens is 296 g/mol. The highest BCUT2D eigenvalue weighted by molar-refractivity contribution is 7.89. The molecule has 1 rings (SSSR count). The molecule has 0 heterocycles. The molecule has 8 nitrogen and oxygen atoms in total. The summed E-state index contributed by atoms with van der Waals surface area (Å²) in [5.74, 6) is 0. The second-order valence-electron chi connectivity index (χ2n) is 4.45. The maximum Gasteiger partial charge on any atom is 0.312 e. The van der Waals surface area contributed by atoms with Crippen molar-refractivity contribution in [1.29, 1.82) is 0 Å². The van der Waals surface area contributed by atoms with Crippen LogP contribution in [0.2, 0.25) is 0 Å². The van der Waals surface area contributed by atoms with E-state index >= 15 is 0 Å². The monoisotopic (exact) mass is 316 g/mol. The fourth-order valence-corrected chi connectivity index (χ4v) is 2.95. The number of likely N-dealkylation sites (N-methyl/N-ethyl adjacent to an activating group) is 1. The minimum atomic E-state index is -3.93. The summed E-state index contributed by atoms with van der Waals surface area (Å²) in [6.45, 7) is 3.45. The number of nitro groups is 1. The molecule has 0 saturated heterocycles. The molecule has 9 heteroatoms. The van der Waals surface area contributed by atoms with Gasteiger partial charge in [-0.2, -0.15) is 0 Å². The molecule has 0 spiro atoms. The van der Waals surface area contributed by atoms with Gasteiger partial charge in [0.2, 0.25) is 10.0 Å². The number of sulfonamides is 1. The van der Waals surface area contributed by atoms with Crippen LogP contribution in [0.3, 0.4) is 0 Å². The van der Waals surface area contributed by atoms with Gasteiger partial charge in [0.1, 0.15) is 5.69 Å². The molecule has 1 aromatic carbocycles. The Kier molecular flexibility index (Phi) is 6.06. The second-order valence-corrected chi connectivity index (χ2v) is 6.19. The van der Waals surface area contributed by atoms with E-state index in [0.717, 1.165) is 6.54 Å². The third-order valence-corrected chi connectivity index (χ3v) is 4.56. The summed E-state index contributed by atoms with van der Waals surface area (Å²) in [4.78, 5) is 12.0. The molecule has 0 amide bonds. The van der Waals surface area contributed by atoms with Crippen molar-refractivity contribution in [1.82, 2.24) is 9.62 Å². The summed E-state index contributed by atoms with van der Waals surface area (Å²) in [7, 11) is -0.569. The molecular formula is C12H20N4O4S. The number of rotatable bonds is 8. The topological polar surface area (TPSA) is 105 Å². The van der Waals surface area contributed by atoms with Crippen molar-refractivity contribution in [3.63, 3.8) is 0 Å². The zero-order valence-corrected chi connectivity index (χ0v) is 13.1. The largest absolute Gasteiger partial charge is 0.383 e. The fourth-order valence-electron chi connectivity index (χ4n) is 1.74. The van der Waals surface area contributed by atoms with Gasteiger partial charge in [-0.1, -0.05) is 13.0 Å². The highest BCUT2D eigenvalue weighted by Gasteiger charge is 2.28. The van der Waals surface area contributed by atoms with Crippen LogP contribution < -0.4 is 10.0 Å². The first-order chi connectivity index (χ1) is 9.83. The van der Waals surface area contributed by atoms with E-state index in [2.05, 4.69) is 10.0 Å². The van der Waals surface area contributed by atoms with Gasteiger partial charge in [-0.3, -0.25) is 10.1 Å².